The Balaban J connectivity index is 0.000000185. The Hall–Kier alpha value is -4.70. The third-order valence-electron chi connectivity index (χ3n) is 8.78. The van der Waals surface area contributed by atoms with Crippen LogP contribution in [0.3, 0.4) is 0 Å². The molecule has 0 amide bonds. The zero-order valence-corrected chi connectivity index (χ0v) is 32.8. The van der Waals surface area contributed by atoms with Gasteiger partial charge in [0.1, 0.15) is 20.2 Å². The first-order chi connectivity index (χ1) is 25.0. The van der Waals surface area contributed by atoms with Crippen molar-refractivity contribution in [3.63, 3.8) is 0 Å². The van der Waals surface area contributed by atoms with Crippen molar-refractivity contribution < 1.29 is 54.1 Å². The number of rotatable bonds is 9. The molecule has 0 atom stereocenters. The van der Waals surface area contributed by atoms with Crippen molar-refractivity contribution in [2.45, 2.75) is 35.5 Å². The quantitative estimate of drug-likeness (QED) is 0.113. The minimum absolute atomic E-state index is 0.0503. The van der Waals surface area contributed by atoms with Crippen molar-refractivity contribution in [2.75, 3.05) is 55.4 Å². The number of unbranched alkanes of at least 4 members (excludes halogenated alkanes) is 3. The molecule has 0 N–H and O–H groups in total. The monoisotopic (exact) mass is 776 g/mol. The van der Waals surface area contributed by atoms with Crippen LogP contribution in [0.5, 0.6) is 0 Å². The van der Waals surface area contributed by atoms with Crippen molar-refractivity contribution in [3.8, 4) is 0 Å². The summed E-state index contributed by atoms with van der Waals surface area (Å²) in [5.74, 6) is -1.63. The number of carbonyl (C=O) groups is 4. The van der Waals surface area contributed by atoms with Crippen LogP contribution in [0.25, 0.3) is 0 Å². The molecule has 0 spiro atoms. The van der Waals surface area contributed by atoms with Gasteiger partial charge in [0.25, 0.3) is 0 Å². The highest BCUT2D eigenvalue weighted by molar-refractivity contribution is 7.86. The topological polar surface area (TPSA) is 183 Å². The molecule has 286 valence electrons. The molecular weight excluding hydrogens is 733 g/mol. The van der Waals surface area contributed by atoms with Crippen LogP contribution in [0.2, 0.25) is 0 Å². The van der Waals surface area contributed by atoms with Crippen LogP contribution in [0.4, 0.5) is 0 Å². The van der Waals surface area contributed by atoms with Crippen molar-refractivity contribution in [2.24, 2.45) is 0 Å². The summed E-state index contributed by atoms with van der Waals surface area (Å²) in [6.45, 7) is 2.62. The van der Waals surface area contributed by atoms with Gasteiger partial charge in [-0.2, -0.15) is 0 Å². The molecular formula is C40H44N2O10S2. The Bertz CT molecular complexity index is 2170. The standard InChI is InChI=1S/2C14H8O5S.C12H30N2/c2*15-13-9-3-1-2-4-10(9)14(16)12-7-8(20(17,18)19)5-6-11(12)13;1-13(2,3)11-9-7-8-10-12-14(4,5)6/h2*1-7H,(H,17,18,19);7-12H2,1-6H3/q;;+2/p-2. The number of quaternary nitrogens is 2. The van der Waals surface area contributed by atoms with Crippen LogP contribution >= 0.6 is 0 Å². The highest BCUT2D eigenvalue weighted by Crippen LogP contribution is 2.30. The van der Waals surface area contributed by atoms with Gasteiger partial charge in [-0.3, -0.25) is 19.2 Å². The van der Waals surface area contributed by atoms with E-state index < -0.39 is 41.6 Å². The molecule has 0 saturated carbocycles. The minimum Gasteiger partial charge on any atom is -0.744 e. The van der Waals surface area contributed by atoms with E-state index in [-0.39, 0.29) is 56.1 Å². The molecule has 0 fully saturated rings. The summed E-state index contributed by atoms with van der Waals surface area (Å²) >= 11 is 0. The van der Waals surface area contributed by atoms with Crippen molar-refractivity contribution in [3.05, 3.63) is 129 Å². The largest absolute Gasteiger partial charge is 0.744 e. The second kappa shape index (κ2) is 16.3. The molecule has 4 aromatic rings. The summed E-state index contributed by atoms with van der Waals surface area (Å²) in [5.41, 5.74) is 1.11. The highest BCUT2D eigenvalue weighted by Gasteiger charge is 2.31. The van der Waals surface area contributed by atoms with Crippen LogP contribution in [0.1, 0.15) is 89.4 Å². The van der Waals surface area contributed by atoms with Gasteiger partial charge in [0, 0.05) is 44.5 Å². The average molecular weight is 777 g/mol. The van der Waals surface area contributed by atoms with Gasteiger partial charge in [-0.05, 0) is 62.1 Å². The first kappa shape index (κ1) is 42.0. The summed E-state index contributed by atoms with van der Waals surface area (Å²) < 4.78 is 68.2. The second-order valence-electron chi connectivity index (χ2n) is 15.2. The fourth-order valence-electron chi connectivity index (χ4n) is 5.99. The minimum atomic E-state index is -4.67. The molecule has 0 unspecified atom stereocenters. The predicted octanol–water partition coefficient (Wildman–Crippen LogP) is 4.69. The van der Waals surface area contributed by atoms with E-state index >= 15 is 0 Å². The molecule has 2 aliphatic carbocycles. The molecule has 54 heavy (non-hydrogen) atoms. The van der Waals surface area contributed by atoms with Crippen molar-refractivity contribution >= 4 is 43.4 Å². The third kappa shape index (κ3) is 10.5. The van der Waals surface area contributed by atoms with E-state index in [0.717, 1.165) is 33.2 Å². The Kier molecular flexibility index (Phi) is 12.7. The fraction of sp³-hybridized carbons (Fsp3) is 0.300. The Morgan fingerprint density at radius 2 is 0.667 bits per heavy atom. The van der Waals surface area contributed by atoms with E-state index in [1.807, 2.05) is 0 Å². The molecule has 0 heterocycles. The van der Waals surface area contributed by atoms with Crippen molar-refractivity contribution in [1.29, 1.82) is 0 Å². The van der Waals surface area contributed by atoms with E-state index in [2.05, 4.69) is 42.3 Å². The first-order valence-corrected chi connectivity index (χ1v) is 20.0. The number of hydrogen-bond acceptors (Lipinski definition) is 10. The van der Waals surface area contributed by atoms with Gasteiger partial charge in [0.05, 0.1) is 65.2 Å². The summed E-state index contributed by atoms with van der Waals surface area (Å²) in [6, 6.07) is 19.0. The lowest BCUT2D eigenvalue weighted by Crippen LogP contribution is -2.35. The normalized spacial score (nSPS) is 13.7. The first-order valence-electron chi connectivity index (χ1n) is 17.2. The average Bonchev–Trinajstić information content (AvgIpc) is 3.09. The molecule has 4 aromatic carbocycles. The molecule has 0 saturated heterocycles. The number of benzene rings is 4. The lowest BCUT2D eigenvalue weighted by atomic mass is 9.84. The lowest BCUT2D eigenvalue weighted by molar-refractivity contribution is -0.871. The van der Waals surface area contributed by atoms with Crippen molar-refractivity contribution in [1.82, 2.24) is 0 Å². The number of carbonyl (C=O) groups excluding carboxylic acids is 4. The highest BCUT2D eigenvalue weighted by atomic mass is 32.2. The second-order valence-corrected chi connectivity index (χ2v) is 17.9. The Morgan fingerprint density at radius 1 is 0.407 bits per heavy atom. The van der Waals surface area contributed by atoms with Gasteiger partial charge in [-0.15, -0.1) is 0 Å². The lowest BCUT2D eigenvalue weighted by Gasteiger charge is -2.25. The van der Waals surface area contributed by atoms with Crippen LogP contribution in [0.15, 0.2) is 94.7 Å². The maximum atomic E-state index is 12.3. The number of ketones is 4. The van der Waals surface area contributed by atoms with E-state index in [1.165, 1.54) is 75.2 Å². The van der Waals surface area contributed by atoms with E-state index in [1.54, 1.807) is 24.3 Å². The van der Waals surface area contributed by atoms with Crippen LogP contribution < -0.4 is 0 Å². The zero-order chi connectivity index (χ0) is 40.2. The maximum Gasteiger partial charge on any atom is 0.194 e. The predicted molar refractivity (Wildman–Crippen MR) is 200 cm³/mol. The van der Waals surface area contributed by atoms with Gasteiger partial charge in [-0.1, -0.05) is 48.5 Å². The van der Waals surface area contributed by atoms with Gasteiger partial charge in [-0.25, -0.2) is 16.8 Å². The summed E-state index contributed by atoms with van der Waals surface area (Å²) in [5, 5.41) is 0. The van der Waals surface area contributed by atoms with Gasteiger partial charge in [0.15, 0.2) is 23.1 Å². The molecule has 0 radical (unpaired) electrons. The number of fused-ring (bicyclic) bond motifs is 4. The van der Waals surface area contributed by atoms with E-state index in [0.29, 0.717) is 0 Å². The molecule has 0 bridgehead atoms. The third-order valence-corrected chi connectivity index (χ3v) is 10.4. The smallest absolute Gasteiger partial charge is 0.194 e. The van der Waals surface area contributed by atoms with Crippen LogP contribution in [-0.2, 0) is 20.2 Å². The Labute approximate surface area is 316 Å². The molecule has 2 aliphatic rings. The zero-order valence-electron chi connectivity index (χ0n) is 31.1. The van der Waals surface area contributed by atoms with Gasteiger partial charge >= 0.3 is 0 Å². The van der Waals surface area contributed by atoms with E-state index in [4.69, 9.17) is 0 Å². The van der Waals surface area contributed by atoms with Gasteiger partial charge < -0.3 is 18.1 Å². The van der Waals surface area contributed by atoms with Gasteiger partial charge in [0.2, 0.25) is 0 Å². The van der Waals surface area contributed by atoms with Crippen LogP contribution in [-0.4, -0.2) is 113 Å². The summed E-state index contributed by atoms with van der Waals surface area (Å²) in [4.78, 5) is 48.0. The SMILES string of the molecule is C[N+](C)(C)CCCCCC[N+](C)(C)C.O=C1c2ccccc2C(=O)c2cc(S(=O)(=O)[O-])ccc21.O=C1c2ccccc2C(=O)c2cc(S(=O)(=O)[O-])ccc21. The Morgan fingerprint density at radius 3 is 0.926 bits per heavy atom. The van der Waals surface area contributed by atoms with Crippen LogP contribution in [0, 0.1) is 0 Å². The molecule has 0 aliphatic heterocycles. The summed E-state index contributed by atoms with van der Waals surface area (Å²) in [7, 11) is 4.28. The number of nitrogens with zero attached hydrogens (tertiary/aromatic N) is 2. The molecule has 14 heteroatoms. The van der Waals surface area contributed by atoms with E-state index in [9.17, 15) is 45.1 Å². The summed E-state index contributed by atoms with van der Waals surface area (Å²) in [6.07, 6.45) is 5.55. The fourth-order valence-corrected chi connectivity index (χ4v) is 6.99. The molecule has 6 rings (SSSR count). The molecule has 12 nitrogen and oxygen atoms in total. The number of hydrogen-bond donors (Lipinski definition) is 0. The molecule has 0 aromatic heterocycles. The maximum absolute atomic E-state index is 12.3.